The van der Waals surface area contributed by atoms with Gasteiger partial charge in [-0.25, -0.2) is 0 Å². The Morgan fingerprint density at radius 2 is 1.73 bits per heavy atom. The smallest absolute Gasteiger partial charge is 0.224 e. The van der Waals surface area contributed by atoms with E-state index < -0.39 is 0 Å². The second-order valence-corrected chi connectivity index (χ2v) is 8.63. The normalized spacial score (nSPS) is 24.0. The van der Waals surface area contributed by atoms with Crippen LogP contribution in [-0.4, -0.2) is 67.4 Å². The molecule has 2 heterocycles. The molecule has 0 unspecified atom stereocenters. The Morgan fingerprint density at radius 1 is 1.10 bits per heavy atom. The summed E-state index contributed by atoms with van der Waals surface area (Å²) in [5.41, 5.74) is 7.38. The molecule has 2 aliphatic heterocycles. The van der Waals surface area contributed by atoms with Crippen molar-refractivity contribution in [2.45, 2.75) is 44.1 Å². The number of rotatable bonds is 4. The van der Waals surface area contributed by atoms with E-state index in [1.165, 1.54) is 5.56 Å². The highest BCUT2D eigenvalue weighted by molar-refractivity contribution is 5.85. The van der Waals surface area contributed by atoms with Gasteiger partial charge in [0.05, 0.1) is 5.92 Å². The summed E-state index contributed by atoms with van der Waals surface area (Å²) < 4.78 is 0. The van der Waals surface area contributed by atoms with Gasteiger partial charge in [0.1, 0.15) is 0 Å². The molecule has 1 aromatic carbocycles. The Morgan fingerprint density at radius 3 is 2.33 bits per heavy atom. The van der Waals surface area contributed by atoms with Crippen LogP contribution in [0.15, 0.2) is 30.3 Å². The van der Waals surface area contributed by atoms with Crippen molar-refractivity contribution < 1.29 is 9.59 Å². The van der Waals surface area contributed by atoms with Crippen LogP contribution in [-0.2, 0) is 15.0 Å². The van der Waals surface area contributed by atoms with Gasteiger partial charge in [0.2, 0.25) is 11.8 Å². The lowest BCUT2D eigenvalue weighted by Crippen LogP contribution is -2.50. The van der Waals surface area contributed by atoms with Crippen LogP contribution in [0.4, 0.5) is 0 Å². The second-order valence-electron chi connectivity index (χ2n) is 8.63. The lowest BCUT2D eigenvalue weighted by Gasteiger charge is -2.41. The van der Waals surface area contributed by atoms with Crippen LogP contribution in [0.1, 0.15) is 38.2 Å². The Hall–Kier alpha value is -1.34. The van der Waals surface area contributed by atoms with Gasteiger partial charge < -0.3 is 20.9 Å². The first-order chi connectivity index (χ1) is 13.4. The van der Waals surface area contributed by atoms with E-state index >= 15 is 0 Å². The van der Waals surface area contributed by atoms with Crippen LogP contribution in [0.3, 0.4) is 0 Å². The molecular formula is C22H36Cl2N4O2. The fourth-order valence-electron chi connectivity index (χ4n) is 4.50. The van der Waals surface area contributed by atoms with Crippen molar-refractivity contribution >= 4 is 36.6 Å². The summed E-state index contributed by atoms with van der Waals surface area (Å²) in [6.45, 7) is 5.26. The molecule has 0 radical (unpaired) electrons. The number of benzene rings is 1. The third-order valence-corrected chi connectivity index (χ3v) is 6.53. The number of nitrogens with one attached hydrogen (secondary N) is 1. The van der Waals surface area contributed by atoms with Gasteiger partial charge in [0.25, 0.3) is 0 Å². The average molecular weight is 459 g/mol. The summed E-state index contributed by atoms with van der Waals surface area (Å²) in [5, 5.41) is 3.24. The standard InChI is InChI=1S/C22H34N4O2.2ClH/c1-17(27)26-14-18(8-9-20(23)15-26)21(28)24-16-22(10-12-25(2)13-11-22)19-6-4-3-5-7-19;;/h3-7,18,20H,8-16,23H2,1-2H3,(H,24,28);2*1H/t18-,20+;;/m1../s1. The molecule has 3 rings (SSSR count). The zero-order chi connectivity index (χ0) is 20.1. The predicted octanol–water partition coefficient (Wildman–Crippen LogP) is 2.20. The van der Waals surface area contributed by atoms with Crippen molar-refractivity contribution in [2.24, 2.45) is 11.7 Å². The van der Waals surface area contributed by atoms with E-state index in [9.17, 15) is 9.59 Å². The molecule has 8 heteroatoms. The van der Waals surface area contributed by atoms with Gasteiger partial charge in [-0.2, -0.15) is 0 Å². The average Bonchev–Trinajstić information content (AvgIpc) is 2.90. The molecule has 0 aliphatic carbocycles. The Labute approximate surface area is 192 Å². The molecule has 0 aromatic heterocycles. The van der Waals surface area contributed by atoms with Crippen molar-refractivity contribution in [3.63, 3.8) is 0 Å². The third kappa shape index (κ3) is 6.58. The molecule has 2 aliphatic rings. The molecule has 2 saturated heterocycles. The van der Waals surface area contributed by atoms with Crippen molar-refractivity contribution in [3.8, 4) is 0 Å². The zero-order valence-electron chi connectivity index (χ0n) is 18.0. The number of likely N-dealkylation sites (tertiary alicyclic amines) is 2. The SMILES string of the molecule is CC(=O)N1C[C@@H](N)CC[C@@H](C(=O)NCC2(c3ccccc3)CCN(C)CC2)C1.Cl.Cl. The molecule has 2 fully saturated rings. The Balaban J connectivity index is 0.00000225. The number of nitrogens with two attached hydrogens (primary N) is 1. The number of hydrogen-bond donors (Lipinski definition) is 2. The molecule has 0 bridgehead atoms. The maximum absolute atomic E-state index is 13.0. The van der Waals surface area contributed by atoms with Crippen LogP contribution in [0.5, 0.6) is 0 Å². The zero-order valence-corrected chi connectivity index (χ0v) is 19.6. The van der Waals surface area contributed by atoms with Crippen molar-refractivity contribution in [1.29, 1.82) is 0 Å². The minimum atomic E-state index is -0.184. The van der Waals surface area contributed by atoms with E-state index in [-0.39, 0.29) is 54.0 Å². The summed E-state index contributed by atoms with van der Waals surface area (Å²) in [7, 11) is 2.15. The molecular weight excluding hydrogens is 423 g/mol. The van der Waals surface area contributed by atoms with Crippen LogP contribution in [0.25, 0.3) is 0 Å². The van der Waals surface area contributed by atoms with Crippen LogP contribution in [0, 0.1) is 5.92 Å². The minimum absolute atomic E-state index is 0. The molecule has 30 heavy (non-hydrogen) atoms. The quantitative estimate of drug-likeness (QED) is 0.724. The van der Waals surface area contributed by atoms with E-state index in [1.54, 1.807) is 11.8 Å². The van der Waals surface area contributed by atoms with E-state index in [2.05, 4.69) is 41.5 Å². The van der Waals surface area contributed by atoms with Crippen LogP contribution < -0.4 is 11.1 Å². The van der Waals surface area contributed by atoms with E-state index in [0.29, 0.717) is 19.6 Å². The fraction of sp³-hybridized carbons (Fsp3) is 0.636. The third-order valence-electron chi connectivity index (χ3n) is 6.53. The number of piperidine rings is 1. The minimum Gasteiger partial charge on any atom is -0.355 e. The molecule has 2 amide bonds. The van der Waals surface area contributed by atoms with E-state index in [4.69, 9.17) is 5.73 Å². The van der Waals surface area contributed by atoms with Crippen LogP contribution in [0.2, 0.25) is 0 Å². The lowest BCUT2D eigenvalue weighted by atomic mass is 9.72. The number of amides is 2. The topological polar surface area (TPSA) is 78.7 Å². The van der Waals surface area contributed by atoms with E-state index in [1.807, 2.05) is 6.07 Å². The highest BCUT2D eigenvalue weighted by Crippen LogP contribution is 2.34. The highest BCUT2D eigenvalue weighted by Gasteiger charge is 2.37. The largest absolute Gasteiger partial charge is 0.355 e. The summed E-state index contributed by atoms with van der Waals surface area (Å²) in [5.74, 6) is -0.141. The van der Waals surface area contributed by atoms with Gasteiger partial charge >= 0.3 is 0 Å². The maximum atomic E-state index is 13.0. The van der Waals surface area contributed by atoms with Gasteiger partial charge in [0, 0.05) is 38.0 Å². The molecule has 2 atom stereocenters. The highest BCUT2D eigenvalue weighted by atomic mass is 35.5. The van der Waals surface area contributed by atoms with Crippen LogP contribution >= 0.6 is 24.8 Å². The van der Waals surface area contributed by atoms with Gasteiger partial charge in [-0.15, -0.1) is 24.8 Å². The van der Waals surface area contributed by atoms with E-state index in [0.717, 1.165) is 38.8 Å². The second kappa shape index (κ2) is 11.9. The van der Waals surface area contributed by atoms with Gasteiger partial charge in [-0.1, -0.05) is 30.3 Å². The Bertz CT molecular complexity index is 681. The van der Waals surface area contributed by atoms with Crippen molar-refractivity contribution in [3.05, 3.63) is 35.9 Å². The van der Waals surface area contributed by atoms with Gasteiger partial charge in [-0.3, -0.25) is 9.59 Å². The Kier molecular flexibility index (Phi) is 10.6. The number of hydrogen-bond acceptors (Lipinski definition) is 4. The molecule has 170 valence electrons. The molecule has 0 saturated carbocycles. The lowest BCUT2D eigenvalue weighted by molar-refractivity contribution is -0.131. The summed E-state index contributed by atoms with van der Waals surface area (Å²) in [6.07, 6.45) is 3.57. The van der Waals surface area contributed by atoms with Gasteiger partial charge in [-0.05, 0) is 51.4 Å². The summed E-state index contributed by atoms with van der Waals surface area (Å²) >= 11 is 0. The monoisotopic (exact) mass is 458 g/mol. The number of carbonyl (C=O) groups is 2. The van der Waals surface area contributed by atoms with Gasteiger partial charge in [0.15, 0.2) is 0 Å². The molecule has 6 nitrogen and oxygen atoms in total. The molecule has 1 aromatic rings. The number of halogens is 2. The first-order valence-corrected chi connectivity index (χ1v) is 10.4. The molecule has 3 N–H and O–H groups in total. The predicted molar refractivity (Wildman–Crippen MR) is 125 cm³/mol. The maximum Gasteiger partial charge on any atom is 0.224 e. The number of nitrogens with zero attached hydrogens (tertiary/aromatic N) is 2. The molecule has 0 spiro atoms. The van der Waals surface area contributed by atoms with Crippen molar-refractivity contribution in [2.75, 3.05) is 39.8 Å². The summed E-state index contributed by atoms with van der Waals surface area (Å²) in [4.78, 5) is 29.0. The first-order valence-electron chi connectivity index (χ1n) is 10.4. The number of carbonyl (C=O) groups excluding carboxylic acids is 2. The fourth-order valence-corrected chi connectivity index (χ4v) is 4.50. The first kappa shape index (κ1) is 26.7. The van der Waals surface area contributed by atoms with Crippen molar-refractivity contribution in [1.82, 2.24) is 15.1 Å². The summed E-state index contributed by atoms with van der Waals surface area (Å²) in [6, 6.07) is 10.5.